The van der Waals surface area contributed by atoms with Crippen molar-refractivity contribution in [2.75, 3.05) is 14.1 Å². The van der Waals surface area contributed by atoms with Crippen LogP contribution in [0.5, 0.6) is 5.75 Å². The van der Waals surface area contributed by atoms with Crippen molar-refractivity contribution in [3.8, 4) is 5.75 Å². The number of para-hydroxylation sites is 1. The van der Waals surface area contributed by atoms with Crippen molar-refractivity contribution in [1.82, 2.24) is 19.6 Å². The molecule has 3 atom stereocenters. The van der Waals surface area contributed by atoms with Crippen molar-refractivity contribution in [2.45, 2.75) is 37.6 Å². The summed E-state index contributed by atoms with van der Waals surface area (Å²) in [4.78, 5) is 12.2. The molecule has 1 unspecified atom stereocenters. The summed E-state index contributed by atoms with van der Waals surface area (Å²) in [6.45, 7) is 0.288. The molecule has 3 aromatic rings. The number of rotatable bonds is 4. The van der Waals surface area contributed by atoms with E-state index in [-0.39, 0.29) is 12.2 Å². The molecule has 1 aromatic carbocycles. The molecule has 2 aromatic heterocycles. The van der Waals surface area contributed by atoms with E-state index in [4.69, 9.17) is 4.74 Å². The number of pyridine rings is 1. The first-order chi connectivity index (χ1) is 13.9. The Morgan fingerprint density at radius 3 is 2.66 bits per heavy atom. The molecule has 0 spiro atoms. The van der Waals surface area contributed by atoms with E-state index in [0.717, 1.165) is 33.9 Å². The topological polar surface area (TPSA) is 61.9 Å². The number of aromatic nitrogens is 4. The van der Waals surface area contributed by atoms with Gasteiger partial charge in [0, 0.05) is 31.3 Å². The van der Waals surface area contributed by atoms with E-state index < -0.39 is 0 Å². The smallest absolute Gasteiger partial charge is 0.254 e. The van der Waals surface area contributed by atoms with Crippen molar-refractivity contribution in [3.63, 3.8) is 0 Å². The van der Waals surface area contributed by atoms with Gasteiger partial charge < -0.3 is 13.8 Å². The molecule has 2 aliphatic heterocycles. The summed E-state index contributed by atoms with van der Waals surface area (Å²) >= 11 is 0. The minimum atomic E-state index is -0.0896. The minimum Gasteiger partial charge on any atom is -0.486 e. The Morgan fingerprint density at radius 1 is 1.17 bits per heavy atom. The van der Waals surface area contributed by atoms with E-state index in [1.54, 1.807) is 11.6 Å². The molecule has 5 rings (SSSR count). The zero-order valence-electron chi connectivity index (χ0n) is 17.0. The van der Waals surface area contributed by atoms with Crippen LogP contribution in [0.1, 0.15) is 24.6 Å². The first kappa shape index (κ1) is 18.1. The summed E-state index contributed by atoms with van der Waals surface area (Å²) in [5.41, 5.74) is 1.53. The van der Waals surface area contributed by atoms with Crippen LogP contribution in [0.25, 0.3) is 10.9 Å². The third-order valence-corrected chi connectivity index (χ3v) is 6.72. The Morgan fingerprint density at radius 2 is 1.90 bits per heavy atom. The number of benzene rings is 1. The second-order valence-corrected chi connectivity index (χ2v) is 8.68. The number of hydrogen-bond acceptors (Lipinski definition) is 4. The van der Waals surface area contributed by atoms with E-state index in [1.165, 1.54) is 6.07 Å². The highest BCUT2D eigenvalue weighted by atomic mass is 16.5. The van der Waals surface area contributed by atoms with Crippen molar-refractivity contribution < 1.29 is 9.22 Å². The van der Waals surface area contributed by atoms with Crippen molar-refractivity contribution in [1.29, 1.82) is 0 Å². The van der Waals surface area contributed by atoms with Gasteiger partial charge in [-0.15, -0.1) is 5.10 Å². The maximum Gasteiger partial charge on any atom is 0.254 e. The summed E-state index contributed by atoms with van der Waals surface area (Å²) in [5, 5.41) is 9.60. The van der Waals surface area contributed by atoms with Crippen LogP contribution < -0.4 is 10.3 Å². The number of quaternary nitrogens is 1. The first-order valence-corrected chi connectivity index (χ1v) is 10.1. The summed E-state index contributed by atoms with van der Waals surface area (Å²) in [7, 11) is 6.38. The maximum atomic E-state index is 12.2. The molecule has 1 saturated heterocycles. The van der Waals surface area contributed by atoms with Gasteiger partial charge in [0.2, 0.25) is 0 Å². The number of piperidine rings is 1. The molecule has 150 valence electrons. The Kier molecular flexibility index (Phi) is 4.10. The maximum absolute atomic E-state index is 12.2. The molecular weight excluding hydrogens is 366 g/mol. The van der Waals surface area contributed by atoms with E-state index in [0.29, 0.717) is 23.9 Å². The fraction of sp³-hybridized carbons (Fsp3) is 0.409. The van der Waals surface area contributed by atoms with Crippen molar-refractivity contribution in [3.05, 3.63) is 64.7 Å². The molecule has 7 nitrogen and oxygen atoms in total. The average molecular weight is 392 g/mol. The van der Waals surface area contributed by atoms with Gasteiger partial charge in [0.1, 0.15) is 30.1 Å². The van der Waals surface area contributed by atoms with Gasteiger partial charge in [-0.25, -0.2) is 4.68 Å². The Balaban J connectivity index is 1.33. The molecule has 0 aliphatic carbocycles. The van der Waals surface area contributed by atoms with Crippen LogP contribution in [0, 0.1) is 0 Å². The Hall–Kier alpha value is -2.93. The second kappa shape index (κ2) is 6.56. The SMILES string of the molecule is Cn1c(=O)cc(OCc2cn(C3C[C@H]4C=C[C@@H](C3)[N+]4(C)C)nn2)c2ccccc21. The number of fused-ring (bicyclic) bond motifs is 3. The van der Waals surface area contributed by atoms with E-state index in [2.05, 4.69) is 36.6 Å². The Bertz CT molecular complexity index is 1140. The largest absolute Gasteiger partial charge is 0.486 e. The van der Waals surface area contributed by atoms with Crippen molar-refractivity contribution >= 4 is 10.9 Å². The fourth-order valence-corrected chi connectivity index (χ4v) is 4.73. The lowest BCUT2D eigenvalue weighted by molar-refractivity contribution is -0.926. The number of ether oxygens (including phenoxy) is 1. The molecule has 0 radical (unpaired) electrons. The number of nitrogens with zero attached hydrogens (tertiary/aromatic N) is 5. The van der Waals surface area contributed by atoms with Crippen LogP contribution >= 0.6 is 0 Å². The lowest BCUT2D eigenvalue weighted by Gasteiger charge is -2.44. The van der Waals surface area contributed by atoms with E-state index in [9.17, 15) is 4.79 Å². The summed E-state index contributed by atoms with van der Waals surface area (Å²) in [6, 6.07) is 10.7. The predicted octanol–water partition coefficient (Wildman–Crippen LogP) is 2.43. The molecule has 7 heteroatoms. The van der Waals surface area contributed by atoms with Crippen molar-refractivity contribution in [2.24, 2.45) is 7.05 Å². The molecule has 2 aliphatic rings. The van der Waals surface area contributed by atoms with Crippen LogP contribution in [-0.4, -0.2) is 50.2 Å². The van der Waals surface area contributed by atoms with Crippen LogP contribution in [0.4, 0.5) is 0 Å². The second-order valence-electron chi connectivity index (χ2n) is 8.68. The predicted molar refractivity (Wildman–Crippen MR) is 111 cm³/mol. The minimum absolute atomic E-state index is 0.0896. The number of hydrogen-bond donors (Lipinski definition) is 0. The van der Waals surface area contributed by atoms with E-state index >= 15 is 0 Å². The molecule has 0 saturated carbocycles. The third-order valence-electron chi connectivity index (χ3n) is 6.72. The average Bonchev–Trinajstić information content (AvgIpc) is 3.19. The zero-order chi connectivity index (χ0) is 20.2. The first-order valence-electron chi connectivity index (χ1n) is 10.1. The summed E-state index contributed by atoms with van der Waals surface area (Å²) in [5.74, 6) is 0.581. The van der Waals surface area contributed by atoms with E-state index in [1.807, 2.05) is 35.1 Å². The summed E-state index contributed by atoms with van der Waals surface area (Å²) in [6.07, 6.45) is 8.84. The summed E-state index contributed by atoms with van der Waals surface area (Å²) < 4.78 is 10.6. The van der Waals surface area contributed by atoms with Gasteiger partial charge in [0.05, 0.1) is 31.9 Å². The van der Waals surface area contributed by atoms with Crippen LogP contribution in [-0.2, 0) is 13.7 Å². The lowest BCUT2D eigenvalue weighted by atomic mass is 9.95. The van der Waals surface area contributed by atoms with Gasteiger partial charge in [-0.05, 0) is 24.3 Å². The van der Waals surface area contributed by atoms with Gasteiger partial charge in [0.25, 0.3) is 5.56 Å². The van der Waals surface area contributed by atoms with Crippen LogP contribution in [0.15, 0.2) is 53.5 Å². The van der Waals surface area contributed by atoms with Crippen LogP contribution in [0.3, 0.4) is 0 Å². The zero-order valence-corrected chi connectivity index (χ0v) is 17.0. The van der Waals surface area contributed by atoms with Gasteiger partial charge in [-0.2, -0.15) is 0 Å². The van der Waals surface area contributed by atoms with Gasteiger partial charge in [-0.1, -0.05) is 17.3 Å². The number of aryl methyl sites for hydroxylation is 1. The van der Waals surface area contributed by atoms with Gasteiger partial charge >= 0.3 is 0 Å². The molecular formula is C22H26N5O2+. The number of likely N-dealkylation sites (N-methyl/N-ethyl adjacent to an activating group) is 1. The van der Waals surface area contributed by atoms with Gasteiger partial charge in [-0.3, -0.25) is 4.79 Å². The highest BCUT2D eigenvalue weighted by Crippen LogP contribution is 2.39. The molecule has 4 heterocycles. The molecule has 0 amide bonds. The molecule has 1 fully saturated rings. The lowest BCUT2D eigenvalue weighted by Crippen LogP contribution is -2.55. The fourth-order valence-electron chi connectivity index (χ4n) is 4.73. The quantitative estimate of drug-likeness (QED) is 0.505. The highest BCUT2D eigenvalue weighted by Gasteiger charge is 2.46. The molecule has 2 bridgehead atoms. The highest BCUT2D eigenvalue weighted by molar-refractivity contribution is 5.85. The standard InChI is InChI=1S/C22H26N5O2/c1-25-20-7-5-4-6-19(20)21(12-22(25)28)29-14-15-13-26(24-23-15)16-10-17-8-9-18(11-16)27(17,2)3/h4-9,12-13,16-18H,10-11,14H2,1-3H3/q+1/t16?,17-,18+. The monoisotopic (exact) mass is 392 g/mol. The Labute approximate surface area is 169 Å². The molecule has 29 heavy (non-hydrogen) atoms. The third kappa shape index (κ3) is 2.97. The van der Waals surface area contributed by atoms with Crippen LogP contribution in [0.2, 0.25) is 0 Å². The molecule has 0 N–H and O–H groups in total. The normalized spacial score (nSPS) is 24.9. The van der Waals surface area contributed by atoms with Gasteiger partial charge in [0.15, 0.2) is 0 Å².